The van der Waals surface area contributed by atoms with Gasteiger partial charge in [-0.15, -0.1) is 0 Å². The zero-order valence-electron chi connectivity index (χ0n) is 18.3. The van der Waals surface area contributed by atoms with Crippen LogP contribution in [0.1, 0.15) is 22.8 Å². The van der Waals surface area contributed by atoms with Crippen molar-refractivity contribution in [2.45, 2.75) is 13.3 Å². The standard InChI is InChI=1S/C23H27N5O4/c1-4-32-23(29)16-6-8-17(9-7-16)28-22-20(24)21(26-14-27-22)25-12-11-15-5-10-18(30-2)19(13-15)31-3/h5-10,13-14H,4,11-12,24H2,1-3H3,(H2,25,26,27,28). The predicted octanol–water partition coefficient (Wildman–Crippen LogP) is 3.65. The molecule has 0 radical (unpaired) electrons. The maximum absolute atomic E-state index is 11.8. The Kier molecular flexibility index (Phi) is 7.69. The number of carbonyl (C=O) groups excluding carboxylic acids is 1. The number of nitrogen functional groups attached to an aromatic ring is 1. The number of nitrogens with two attached hydrogens (primary N) is 1. The molecule has 0 saturated carbocycles. The average Bonchev–Trinajstić information content (AvgIpc) is 2.82. The molecule has 3 aromatic rings. The molecular weight excluding hydrogens is 410 g/mol. The summed E-state index contributed by atoms with van der Waals surface area (Å²) in [5, 5.41) is 6.39. The van der Waals surface area contributed by atoms with Crippen LogP contribution in [0.2, 0.25) is 0 Å². The summed E-state index contributed by atoms with van der Waals surface area (Å²) in [6, 6.07) is 12.7. The van der Waals surface area contributed by atoms with Gasteiger partial charge in [0.1, 0.15) is 12.0 Å². The predicted molar refractivity (Wildman–Crippen MR) is 124 cm³/mol. The number of aromatic nitrogens is 2. The lowest BCUT2D eigenvalue weighted by atomic mass is 10.1. The minimum atomic E-state index is -0.360. The highest BCUT2D eigenvalue weighted by Gasteiger charge is 2.10. The molecule has 32 heavy (non-hydrogen) atoms. The third-order valence-electron chi connectivity index (χ3n) is 4.70. The first-order valence-electron chi connectivity index (χ1n) is 10.1. The SMILES string of the molecule is CCOC(=O)c1ccc(Nc2ncnc(NCCc3ccc(OC)c(OC)c3)c2N)cc1. The van der Waals surface area contributed by atoms with E-state index < -0.39 is 0 Å². The fourth-order valence-corrected chi connectivity index (χ4v) is 3.04. The molecule has 168 valence electrons. The summed E-state index contributed by atoms with van der Waals surface area (Å²) in [4.78, 5) is 20.2. The van der Waals surface area contributed by atoms with E-state index in [1.807, 2.05) is 18.2 Å². The number of rotatable bonds is 10. The van der Waals surface area contributed by atoms with Crippen molar-refractivity contribution in [2.75, 3.05) is 43.7 Å². The van der Waals surface area contributed by atoms with Crippen LogP contribution in [0.3, 0.4) is 0 Å². The van der Waals surface area contributed by atoms with Crippen molar-refractivity contribution in [1.82, 2.24) is 9.97 Å². The lowest BCUT2D eigenvalue weighted by Gasteiger charge is -2.13. The largest absolute Gasteiger partial charge is 0.493 e. The third-order valence-corrected chi connectivity index (χ3v) is 4.70. The first-order chi connectivity index (χ1) is 15.5. The zero-order valence-corrected chi connectivity index (χ0v) is 18.3. The highest BCUT2D eigenvalue weighted by molar-refractivity contribution is 5.90. The fourth-order valence-electron chi connectivity index (χ4n) is 3.04. The van der Waals surface area contributed by atoms with E-state index in [-0.39, 0.29) is 5.97 Å². The summed E-state index contributed by atoms with van der Waals surface area (Å²) in [5.41, 5.74) is 8.95. The molecule has 0 aliphatic rings. The van der Waals surface area contributed by atoms with Crippen molar-refractivity contribution in [3.8, 4) is 11.5 Å². The van der Waals surface area contributed by atoms with Crippen LogP contribution >= 0.6 is 0 Å². The van der Waals surface area contributed by atoms with E-state index >= 15 is 0 Å². The lowest BCUT2D eigenvalue weighted by Crippen LogP contribution is -2.11. The van der Waals surface area contributed by atoms with Gasteiger partial charge in [0.15, 0.2) is 23.1 Å². The molecule has 3 rings (SSSR count). The highest BCUT2D eigenvalue weighted by Crippen LogP contribution is 2.28. The van der Waals surface area contributed by atoms with Gasteiger partial charge in [0.25, 0.3) is 0 Å². The minimum absolute atomic E-state index is 0.331. The second-order valence-corrected chi connectivity index (χ2v) is 6.77. The van der Waals surface area contributed by atoms with E-state index in [9.17, 15) is 4.79 Å². The van der Waals surface area contributed by atoms with Gasteiger partial charge in [-0.3, -0.25) is 0 Å². The lowest BCUT2D eigenvalue weighted by molar-refractivity contribution is 0.0526. The molecule has 0 aliphatic carbocycles. The second-order valence-electron chi connectivity index (χ2n) is 6.77. The van der Waals surface area contributed by atoms with Crippen molar-refractivity contribution >= 4 is 29.0 Å². The highest BCUT2D eigenvalue weighted by atomic mass is 16.5. The molecule has 1 aromatic heterocycles. The van der Waals surface area contributed by atoms with E-state index in [1.165, 1.54) is 6.33 Å². The van der Waals surface area contributed by atoms with Crippen LogP contribution in [0.5, 0.6) is 11.5 Å². The molecule has 9 heteroatoms. The molecule has 0 spiro atoms. The van der Waals surface area contributed by atoms with Crippen LogP contribution in [-0.2, 0) is 11.2 Å². The Morgan fingerprint density at radius 1 is 1.00 bits per heavy atom. The van der Waals surface area contributed by atoms with E-state index in [0.29, 0.717) is 47.5 Å². The summed E-state index contributed by atoms with van der Waals surface area (Å²) < 4.78 is 15.6. The van der Waals surface area contributed by atoms with Crippen molar-refractivity contribution in [3.63, 3.8) is 0 Å². The monoisotopic (exact) mass is 437 g/mol. The van der Waals surface area contributed by atoms with Gasteiger partial charge in [0.2, 0.25) is 0 Å². The quantitative estimate of drug-likeness (QED) is 0.408. The summed E-state index contributed by atoms with van der Waals surface area (Å²) in [7, 11) is 3.22. The second kappa shape index (κ2) is 10.9. The van der Waals surface area contributed by atoms with E-state index in [4.69, 9.17) is 19.9 Å². The molecule has 0 amide bonds. The zero-order chi connectivity index (χ0) is 22.9. The molecule has 0 bridgehead atoms. The van der Waals surface area contributed by atoms with Gasteiger partial charge in [0, 0.05) is 12.2 Å². The molecular formula is C23H27N5O4. The van der Waals surface area contributed by atoms with Crippen LogP contribution in [0, 0.1) is 0 Å². The number of nitrogens with zero attached hydrogens (tertiary/aromatic N) is 2. The number of hydrogen-bond donors (Lipinski definition) is 3. The van der Waals surface area contributed by atoms with Gasteiger partial charge < -0.3 is 30.6 Å². The Bertz CT molecular complexity index is 1060. The number of methoxy groups -OCH3 is 2. The van der Waals surface area contributed by atoms with Gasteiger partial charge in [0.05, 0.1) is 26.4 Å². The van der Waals surface area contributed by atoms with Gasteiger partial charge in [-0.2, -0.15) is 0 Å². The molecule has 0 atom stereocenters. The summed E-state index contributed by atoms with van der Waals surface area (Å²) >= 11 is 0. The molecule has 0 aliphatic heterocycles. The van der Waals surface area contributed by atoms with Gasteiger partial charge in [-0.25, -0.2) is 14.8 Å². The van der Waals surface area contributed by atoms with Gasteiger partial charge in [-0.1, -0.05) is 6.07 Å². The van der Waals surface area contributed by atoms with Crippen LogP contribution in [0.25, 0.3) is 0 Å². The van der Waals surface area contributed by atoms with E-state index in [2.05, 4.69) is 20.6 Å². The van der Waals surface area contributed by atoms with Crippen molar-refractivity contribution in [1.29, 1.82) is 0 Å². The molecule has 0 saturated heterocycles. The Morgan fingerprint density at radius 2 is 1.72 bits per heavy atom. The number of ether oxygens (including phenoxy) is 3. The van der Waals surface area contributed by atoms with Crippen LogP contribution < -0.4 is 25.8 Å². The Labute approximate surface area is 186 Å². The summed E-state index contributed by atoms with van der Waals surface area (Å²) in [6.45, 7) is 2.72. The Balaban J connectivity index is 1.62. The fraction of sp³-hybridized carbons (Fsp3) is 0.261. The molecule has 9 nitrogen and oxygen atoms in total. The number of benzene rings is 2. The molecule has 0 unspecified atom stereocenters. The number of hydrogen-bond acceptors (Lipinski definition) is 9. The molecule has 1 heterocycles. The third kappa shape index (κ3) is 5.57. The number of nitrogens with one attached hydrogen (secondary N) is 2. The van der Waals surface area contributed by atoms with E-state index in [0.717, 1.165) is 17.7 Å². The number of anilines is 4. The first-order valence-corrected chi connectivity index (χ1v) is 10.1. The van der Waals surface area contributed by atoms with Crippen molar-refractivity contribution in [2.24, 2.45) is 0 Å². The van der Waals surface area contributed by atoms with Crippen LogP contribution in [0.4, 0.5) is 23.0 Å². The Morgan fingerprint density at radius 3 is 2.41 bits per heavy atom. The maximum atomic E-state index is 11.8. The van der Waals surface area contributed by atoms with E-state index in [1.54, 1.807) is 45.4 Å². The van der Waals surface area contributed by atoms with Gasteiger partial charge >= 0.3 is 5.97 Å². The Hall–Kier alpha value is -4.01. The normalized spacial score (nSPS) is 10.3. The summed E-state index contributed by atoms with van der Waals surface area (Å²) in [5.74, 6) is 2.02. The molecule has 4 N–H and O–H groups in total. The average molecular weight is 438 g/mol. The molecule has 0 fully saturated rings. The van der Waals surface area contributed by atoms with Crippen molar-refractivity contribution in [3.05, 3.63) is 59.9 Å². The number of carbonyl (C=O) groups is 1. The van der Waals surface area contributed by atoms with Crippen LogP contribution in [-0.4, -0.2) is 43.3 Å². The maximum Gasteiger partial charge on any atom is 0.338 e. The first kappa shape index (κ1) is 22.7. The van der Waals surface area contributed by atoms with Gasteiger partial charge in [-0.05, 0) is 55.3 Å². The van der Waals surface area contributed by atoms with Crippen molar-refractivity contribution < 1.29 is 19.0 Å². The number of esters is 1. The minimum Gasteiger partial charge on any atom is -0.493 e. The summed E-state index contributed by atoms with van der Waals surface area (Å²) in [6.07, 6.45) is 2.17. The molecule has 2 aromatic carbocycles. The topological polar surface area (TPSA) is 121 Å². The van der Waals surface area contributed by atoms with Crippen LogP contribution in [0.15, 0.2) is 48.8 Å². The smallest absolute Gasteiger partial charge is 0.338 e.